The van der Waals surface area contributed by atoms with Gasteiger partial charge in [-0.05, 0) is 13.0 Å². The molecule has 3 heteroatoms. The molecule has 0 aromatic carbocycles. The van der Waals surface area contributed by atoms with Crippen LogP contribution in [0.15, 0.2) is 12.1 Å². The van der Waals surface area contributed by atoms with Crippen molar-refractivity contribution in [1.82, 2.24) is 4.98 Å². The van der Waals surface area contributed by atoms with Crippen LogP contribution in [-0.2, 0) is 0 Å². The topological polar surface area (TPSA) is 12.9 Å². The molecule has 0 amide bonds. The van der Waals surface area contributed by atoms with Gasteiger partial charge in [-0.15, -0.1) is 0 Å². The second-order valence-electron chi connectivity index (χ2n) is 1.75. The van der Waals surface area contributed by atoms with Crippen LogP contribution in [0.1, 0.15) is 5.69 Å². The van der Waals surface area contributed by atoms with Gasteiger partial charge in [-0.1, -0.05) is 11.6 Å². The Bertz CT molecular complexity index is 174. The molecule has 0 N–H and O–H groups in total. The third-order valence-electron chi connectivity index (χ3n) is 0.887. The van der Waals surface area contributed by atoms with E-state index in [1.165, 1.54) is 6.07 Å². The summed E-state index contributed by atoms with van der Waals surface area (Å²) in [5, 5.41) is 0.389. The number of aryl methyl sites for hydroxylation is 1. The fourth-order valence-electron chi connectivity index (χ4n) is 0.588. The molecule has 0 aliphatic rings. The average Bonchev–Trinajstić information content (AvgIpc) is 1.59. The van der Waals surface area contributed by atoms with Gasteiger partial charge in [-0.25, -0.2) is 4.98 Å². The maximum atomic E-state index is 12.2. The predicted octanol–water partition coefficient (Wildman–Crippen LogP) is 2.18. The van der Waals surface area contributed by atoms with Gasteiger partial charge in [-0.3, -0.25) is 0 Å². The predicted molar refractivity (Wildman–Crippen MR) is 33.9 cm³/mol. The fourth-order valence-corrected chi connectivity index (χ4v) is 0.836. The minimum atomic E-state index is -0.528. The smallest absolute Gasteiger partial charge is 0.214 e. The maximum absolute atomic E-state index is 12.2. The monoisotopic (exact) mass is 145 g/mol. The van der Waals surface area contributed by atoms with Crippen molar-refractivity contribution in [2.24, 2.45) is 0 Å². The third kappa shape index (κ3) is 1.64. The molecular formula is C6H5ClFN. The molecule has 0 fully saturated rings. The van der Waals surface area contributed by atoms with Gasteiger partial charge in [0.2, 0.25) is 5.95 Å². The van der Waals surface area contributed by atoms with Crippen molar-refractivity contribution in [1.29, 1.82) is 0 Å². The van der Waals surface area contributed by atoms with Crippen molar-refractivity contribution in [3.05, 3.63) is 28.8 Å². The molecule has 0 aliphatic heterocycles. The summed E-state index contributed by atoms with van der Waals surface area (Å²) in [5.74, 6) is -0.528. The van der Waals surface area contributed by atoms with Gasteiger partial charge >= 0.3 is 0 Å². The summed E-state index contributed by atoms with van der Waals surface area (Å²) >= 11 is 5.47. The van der Waals surface area contributed by atoms with Gasteiger partial charge in [0.25, 0.3) is 0 Å². The van der Waals surface area contributed by atoms with Crippen molar-refractivity contribution >= 4 is 11.6 Å². The molecular weight excluding hydrogens is 141 g/mol. The van der Waals surface area contributed by atoms with Crippen LogP contribution in [0.5, 0.6) is 0 Å². The Balaban J connectivity index is 3.17. The summed E-state index contributed by atoms with van der Waals surface area (Å²) in [5.41, 5.74) is 0.597. The second-order valence-corrected chi connectivity index (χ2v) is 2.19. The molecule has 0 bridgehead atoms. The van der Waals surface area contributed by atoms with Gasteiger partial charge in [-0.2, -0.15) is 4.39 Å². The number of hydrogen-bond acceptors (Lipinski definition) is 1. The number of nitrogens with zero attached hydrogens (tertiary/aromatic N) is 1. The number of halogens is 2. The molecule has 0 saturated carbocycles. The van der Waals surface area contributed by atoms with Crippen molar-refractivity contribution in [2.75, 3.05) is 0 Å². The summed E-state index contributed by atoms with van der Waals surface area (Å²) in [6.07, 6.45) is 0. The molecule has 48 valence electrons. The highest BCUT2D eigenvalue weighted by Crippen LogP contribution is 2.09. The summed E-state index contributed by atoms with van der Waals surface area (Å²) in [7, 11) is 0. The summed E-state index contributed by atoms with van der Waals surface area (Å²) < 4.78 is 12.2. The van der Waals surface area contributed by atoms with Crippen molar-refractivity contribution in [3.63, 3.8) is 0 Å². The highest BCUT2D eigenvalue weighted by molar-refractivity contribution is 6.30. The van der Waals surface area contributed by atoms with Crippen LogP contribution in [0, 0.1) is 12.9 Å². The van der Waals surface area contributed by atoms with E-state index in [-0.39, 0.29) is 0 Å². The van der Waals surface area contributed by atoms with E-state index in [9.17, 15) is 4.39 Å². The first-order valence-electron chi connectivity index (χ1n) is 2.48. The van der Waals surface area contributed by atoms with E-state index in [4.69, 9.17) is 11.6 Å². The zero-order valence-corrected chi connectivity index (χ0v) is 5.61. The molecule has 0 aliphatic carbocycles. The van der Waals surface area contributed by atoms with Gasteiger partial charge in [0.15, 0.2) is 0 Å². The fraction of sp³-hybridized carbons (Fsp3) is 0.167. The van der Waals surface area contributed by atoms with E-state index in [1.54, 1.807) is 13.0 Å². The van der Waals surface area contributed by atoms with Gasteiger partial charge in [0, 0.05) is 16.8 Å². The van der Waals surface area contributed by atoms with E-state index < -0.39 is 5.95 Å². The molecule has 0 radical (unpaired) electrons. The lowest BCUT2D eigenvalue weighted by molar-refractivity contribution is 0.580. The van der Waals surface area contributed by atoms with E-state index in [1.807, 2.05) is 0 Å². The highest BCUT2D eigenvalue weighted by Gasteiger charge is 1.94. The highest BCUT2D eigenvalue weighted by atomic mass is 35.5. The third-order valence-corrected chi connectivity index (χ3v) is 1.11. The molecule has 1 aromatic heterocycles. The van der Waals surface area contributed by atoms with Crippen LogP contribution in [-0.4, -0.2) is 4.98 Å². The standard InChI is InChI=1S/C6H5ClFN/c1-4-2-5(7)3-6(8)9-4/h2-3H,1H3. The van der Waals surface area contributed by atoms with Gasteiger partial charge in [0.1, 0.15) is 0 Å². The van der Waals surface area contributed by atoms with Crippen LogP contribution < -0.4 is 0 Å². The number of rotatable bonds is 0. The minimum absolute atomic E-state index is 0.389. The Kier molecular flexibility index (Phi) is 1.67. The lowest BCUT2D eigenvalue weighted by atomic mass is 10.4. The van der Waals surface area contributed by atoms with E-state index in [0.29, 0.717) is 10.7 Å². The van der Waals surface area contributed by atoms with E-state index in [2.05, 4.69) is 4.98 Å². The summed E-state index contributed by atoms with van der Waals surface area (Å²) in [6.45, 7) is 1.69. The Morgan fingerprint density at radius 3 is 2.67 bits per heavy atom. The van der Waals surface area contributed by atoms with Crippen LogP contribution >= 0.6 is 11.6 Å². The van der Waals surface area contributed by atoms with Gasteiger partial charge < -0.3 is 0 Å². The Hall–Kier alpha value is -0.630. The Morgan fingerprint density at radius 2 is 2.22 bits per heavy atom. The van der Waals surface area contributed by atoms with Crippen molar-refractivity contribution in [3.8, 4) is 0 Å². The number of aromatic nitrogens is 1. The molecule has 0 saturated heterocycles. The largest absolute Gasteiger partial charge is 0.225 e. The SMILES string of the molecule is Cc1cc(Cl)cc(F)n1. The summed E-state index contributed by atoms with van der Waals surface area (Å²) in [4.78, 5) is 3.48. The zero-order valence-electron chi connectivity index (χ0n) is 4.86. The zero-order chi connectivity index (χ0) is 6.85. The Morgan fingerprint density at radius 1 is 1.56 bits per heavy atom. The van der Waals surface area contributed by atoms with Crippen LogP contribution in [0.25, 0.3) is 0 Å². The first kappa shape index (κ1) is 6.49. The molecule has 0 spiro atoms. The molecule has 1 nitrogen and oxygen atoms in total. The van der Waals surface area contributed by atoms with E-state index in [0.717, 1.165) is 0 Å². The molecule has 0 atom stereocenters. The van der Waals surface area contributed by atoms with Crippen LogP contribution in [0.2, 0.25) is 5.02 Å². The Labute approximate surface area is 57.5 Å². The first-order chi connectivity index (χ1) is 4.18. The van der Waals surface area contributed by atoms with Crippen LogP contribution in [0.3, 0.4) is 0 Å². The van der Waals surface area contributed by atoms with Gasteiger partial charge in [0.05, 0.1) is 0 Å². The second kappa shape index (κ2) is 2.31. The number of hydrogen-bond donors (Lipinski definition) is 0. The molecule has 1 rings (SSSR count). The lowest BCUT2D eigenvalue weighted by Crippen LogP contribution is -1.84. The lowest BCUT2D eigenvalue weighted by Gasteiger charge is -1.91. The van der Waals surface area contributed by atoms with Crippen molar-refractivity contribution < 1.29 is 4.39 Å². The summed E-state index contributed by atoms with van der Waals surface area (Å²) in [6, 6.07) is 2.78. The molecule has 0 unspecified atom stereocenters. The molecule has 9 heavy (non-hydrogen) atoms. The average molecular weight is 146 g/mol. The van der Waals surface area contributed by atoms with E-state index >= 15 is 0 Å². The minimum Gasteiger partial charge on any atom is -0.225 e. The molecule has 1 aromatic rings. The normalized spacial score (nSPS) is 9.67. The molecule has 1 heterocycles. The first-order valence-corrected chi connectivity index (χ1v) is 2.86. The quantitative estimate of drug-likeness (QED) is 0.510. The van der Waals surface area contributed by atoms with Crippen LogP contribution in [0.4, 0.5) is 4.39 Å². The van der Waals surface area contributed by atoms with Crippen molar-refractivity contribution in [2.45, 2.75) is 6.92 Å². The maximum Gasteiger partial charge on any atom is 0.214 e. The number of pyridine rings is 1.